The van der Waals surface area contributed by atoms with Crippen LogP contribution in [0.4, 0.5) is 0 Å². The first-order chi connectivity index (χ1) is 12.9. The third kappa shape index (κ3) is 3.24. The van der Waals surface area contributed by atoms with Crippen LogP contribution in [0.25, 0.3) is 21.1 Å². The number of nitrogens with one attached hydrogen (secondary N) is 3. The van der Waals surface area contributed by atoms with Gasteiger partial charge in [-0.25, -0.2) is 4.98 Å². The van der Waals surface area contributed by atoms with Crippen LogP contribution in [-0.4, -0.2) is 27.4 Å². The van der Waals surface area contributed by atoms with E-state index in [-0.39, 0.29) is 11.5 Å². The van der Waals surface area contributed by atoms with Crippen molar-refractivity contribution in [3.05, 3.63) is 61.6 Å². The van der Waals surface area contributed by atoms with Crippen LogP contribution in [0.2, 0.25) is 5.02 Å². The number of H-pyrrole nitrogens is 2. The number of carbonyl (C=O) groups is 1. The zero-order chi connectivity index (χ0) is 19.1. The van der Waals surface area contributed by atoms with Gasteiger partial charge < -0.3 is 15.3 Å². The summed E-state index contributed by atoms with van der Waals surface area (Å²) >= 11 is 7.32. The second-order valence-electron chi connectivity index (χ2n) is 6.40. The molecule has 0 aliphatic carbocycles. The molecule has 0 unspecified atom stereocenters. The molecule has 1 amide bonds. The molecule has 27 heavy (non-hydrogen) atoms. The molecule has 0 bridgehead atoms. The normalized spacial score (nSPS) is 11.4. The Labute approximate surface area is 163 Å². The van der Waals surface area contributed by atoms with Crippen LogP contribution in [-0.2, 0) is 6.42 Å². The fraction of sp³-hybridized carbons (Fsp3) is 0.211. The summed E-state index contributed by atoms with van der Waals surface area (Å²) in [5.41, 5.74) is 2.57. The number of carbonyl (C=O) groups excluding carboxylic acids is 1. The summed E-state index contributed by atoms with van der Waals surface area (Å²) in [5, 5.41) is 5.16. The summed E-state index contributed by atoms with van der Waals surface area (Å²) in [5.74, 6) is 0.351. The maximum atomic E-state index is 12.6. The molecule has 3 N–H and O–H groups in total. The lowest BCUT2D eigenvalue weighted by Crippen LogP contribution is -2.25. The van der Waals surface area contributed by atoms with Gasteiger partial charge in [0.2, 0.25) is 0 Å². The lowest BCUT2D eigenvalue weighted by molar-refractivity contribution is 0.0957. The molecule has 0 aliphatic rings. The van der Waals surface area contributed by atoms with E-state index in [1.165, 1.54) is 11.3 Å². The number of fused-ring (bicyclic) bond motifs is 2. The van der Waals surface area contributed by atoms with E-state index >= 15 is 0 Å². The number of thiophene rings is 1. The summed E-state index contributed by atoms with van der Waals surface area (Å²) in [7, 11) is 0. The molecular weight excluding hydrogens is 384 g/mol. The van der Waals surface area contributed by atoms with E-state index in [9.17, 15) is 9.59 Å². The van der Waals surface area contributed by atoms with Gasteiger partial charge in [0.25, 0.3) is 11.5 Å². The van der Waals surface area contributed by atoms with Crippen molar-refractivity contribution < 1.29 is 4.79 Å². The Morgan fingerprint density at radius 1 is 1.33 bits per heavy atom. The molecule has 4 rings (SSSR count). The van der Waals surface area contributed by atoms with Gasteiger partial charge in [-0.15, -0.1) is 11.3 Å². The number of amides is 1. The molecular formula is C19H17ClN4O2S. The number of benzene rings is 1. The topological polar surface area (TPSA) is 90.6 Å². The number of nitrogens with zero attached hydrogens (tertiary/aromatic N) is 1. The van der Waals surface area contributed by atoms with E-state index in [2.05, 4.69) is 20.3 Å². The standard InChI is InChI=1S/C19H17ClN4O2S/c1-9-15-17(25)23-10(2)24-19(15)27-16(9)18(26)21-6-5-11-8-22-14-4-3-12(20)7-13(11)14/h3-4,7-8,22H,5-6H2,1-2H3,(H,21,26)(H,23,24,25). The minimum Gasteiger partial charge on any atom is -0.361 e. The second kappa shape index (κ2) is 6.83. The average molecular weight is 401 g/mol. The Balaban J connectivity index is 1.52. The monoisotopic (exact) mass is 400 g/mol. The van der Waals surface area contributed by atoms with Crippen LogP contribution in [0, 0.1) is 13.8 Å². The molecule has 0 saturated carbocycles. The van der Waals surface area contributed by atoms with E-state index in [1.807, 2.05) is 24.4 Å². The Bertz CT molecular complexity index is 1240. The van der Waals surface area contributed by atoms with Gasteiger partial charge in [0.05, 0.1) is 10.3 Å². The Morgan fingerprint density at radius 3 is 2.96 bits per heavy atom. The number of aromatic amines is 2. The van der Waals surface area contributed by atoms with Crippen molar-refractivity contribution in [2.24, 2.45) is 0 Å². The molecule has 1 aromatic carbocycles. The summed E-state index contributed by atoms with van der Waals surface area (Å²) in [6.07, 6.45) is 2.61. The molecule has 0 fully saturated rings. The predicted octanol–water partition coefficient (Wildman–Crippen LogP) is 3.71. The lowest BCUT2D eigenvalue weighted by Gasteiger charge is -2.04. The van der Waals surface area contributed by atoms with Crippen LogP contribution in [0.15, 0.2) is 29.2 Å². The molecule has 0 aliphatic heterocycles. The number of hydrogen-bond acceptors (Lipinski definition) is 4. The third-order valence-electron chi connectivity index (χ3n) is 4.53. The molecule has 3 heterocycles. The Kier molecular flexibility index (Phi) is 4.49. The predicted molar refractivity (Wildman–Crippen MR) is 109 cm³/mol. The fourth-order valence-corrected chi connectivity index (χ4v) is 4.53. The van der Waals surface area contributed by atoms with Crippen LogP contribution in [0.3, 0.4) is 0 Å². The van der Waals surface area contributed by atoms with E-state index in [0.717, 1.165) is 16.5 Å². The molecule has 6 nitrogen and oxygen atoms in total. The lowest BCUT2D eigenvalue weighted by atomic mass is 10.1. The molecule has 138 valence electrons. The van der Waals surface area contributed by atoms with Crippen LogP contribution < -0.4 is 10.9 Å². The van der Waals surface area contributed by atoms with Gasteiger partial charge in [-0.1, -0.05) is 11.6 Å². The highest BCUT2D eigenvalue weighted by atomic mass is 35.5. The van der Waals surface area contributed by atoms with Crippen molar-refractivity contribution in [3.63, 3.8) is 0 Å². The van der Waals surface area contributed by atoms with Gasteiger partial charge in [-0.05, 0) is 49.6 Å². The van der Waals surface area contributed by atoms with Gasteiger partial charge in [-0.2, -0.15) is 0 Å². The third-order valence-corrected chi connectivity index (χ3v) is 5.95. The zero-order valence-electron chi connectivity index (χ0n) is 14.8. The smallest absolute Gasteiger partial charge is 0.261 e. The highest BCUT2D eigenvalue weighted by molar-refractivity contribution is 7.20. The van der Waals surface area contributed by atoms with Crippen LogP contribution >= 0.6 is 22.9 Å². The summed E-state index contributed by atoms with van der Waals surface area (Å²) < 4.78 is 0. The first-order valence-corrected chi connectivity index (χ1v) is 9.67. The SMILES string of the molecule is Cc1nc2sc(C(=O)NCCc3c[nH]c4ccc(Cl)cc34)c(C)c2c(=O)[nH]1. The maximum Gasteiger partial charge on any atom is 0.261 e. The molecule has 0 radical (unpaired) electrons. The average Bonchev–Trinajstić information content (AvgIpc) is 3.16. The minimum atomic E-state index is -0.207. The zero-order valence-corrected chi connectivity index (χ0v) is 16.3. The van der Waals surface area contributed by atoms with Crippen molar-refractivity contribution in [2.45, 2.75) is 20.3 Å². The van der Waals surface area contributed by atoms with Crippen molar-refractivity contribution in [1.82, 2.24) is 20.3 Å². The Morgan fingerprint density at radius 2 is 2.15 bits per heavy atom. The molecule has 0 atom stereocenters. The minimum absolute atomic E-state index is 0.189. The van der Waals surface area contributed by atoms with Crippen molar-refractivity contribution in [1.29, 1.82) is 0 Å². The van der Waals surface area contributed by atoms with Gasteiger partial charge in [0.15, 0.2) is 0 Å². The van der Waals surface area contributed by atoms with Crippen molar-refractivity contribution in [3.8, 4) is 0 Å². The van der Waals surface area contributed by atoms with Crippen molar-refractivity contribution >= 4 is 50.0 Å². The number of halogens is 1. The summed E-state index contributed by atoms with van der Waals surface area (Å²) in [6, 6.07) is 5.70. The number of rotatable bonds is 4. The fourth-order valence-electron chi connectivity index (χ4n) is 3.22. The number of aryl methyl sites for hydroxylation is 2. The van der Waals surface area contributed by atoms with Gasteiger partial charge in [0.1, 0.15) is 10.7 Å². The maximum absolute atomic E-state index is 12.6. The van der Waals surface area contributed by atoms with Crippen molar-refractivity contribution in [2.75, 3.05) is 6.54 Å². The van der Waals surface area contributed by atoms with Crippen LogP contribution in [0.5, 0.6) is 0 Å². The number of aromatic nitrogens is 3. The first-order valence-electron chi connectivity index (χ1n) is 8.48. The quantitative estimate of drug-likeness (QED) is 0.487. The molecule has 0 saturated heterocycles. The van der Waals surface area contributed by atoms with E-state index in [4.69, 9.17) is 11.6 Å². The molecule has 3 aromatic heterocycles. The highest BCUT2D eigenvalue weighted by Gasteiger charge is 2.18. The van der Waals surface area contributed by atoms with Crippen LogP contribution in [0.1, 0.15) is 26.6 Å². The molecule has 8 heteroatoms. The second-order valence-corrected chi connectivity index (χ2v) is 7.83. The summed E-state index contributed by atoms with van der Waals surface area (Å²) in [6.45, 7) is 3.99. The van der Waals surface area contributed by atoms with Gasteiger partial charge in [-0.3, -0.25) is 9.59 Å². The number of hydrogen-bond donors (Lipinski definition) is 3. The Hall–Kier alpha value is -2.64. The van der Waals surface area contributed by atoms with Gasteiger partial charge in [0, 0.05) is 28.7 Å². The van der Waals surface area contributed by atoms with E-state index in [1.54, 1.807) is 13.8 Å². The highest BCUT2D eigenvalue weighted by Crippen LogP contribution is 2.27. The first kappa shape index (κ1) is 17.8. The summed E-state index contributed by atoms with van der Waals surface area (Å²) in [4.78, 5) is 36.1. The van der Waals surface area contributed by atoms with E-state index in [0.29, 0.717) is 44.5 Å². The van der Waals surface area contributed by atoms with Gasteiger partial charge >= 0.3 is 0 Å². The molecule has 4 aromatic rings. The van der Waals surface area contributed by atoms with E-state index < -0.39 is 0 Å². The largest absolute Gasteiger partial charge is 0.361 e. The molecule has 0 spiro atoms.